The first-order valence-electron chi connectivity index (χ1n) is 8.33. The number of anilines is 1. The maximum atomic E-state index is 12.3. The number of carbonyl (C=O) groups excluding carboxylic acids is 2. The molecule has 5 nitrogen and oxygen atoms in total. The van der Waals surface area contributed by atoms with Gasteiger partial charge < -0.3 is 10.6 Å². The van der Waals surface area contributed by atoms with Crippen LogP contribution in [0.15, 0.2) is 60.9 Å². The summed E-state index contributed by atoms with van der Waals surface area (Å²) in [5.41, 5.74) is 1.77. The van der Waals surface area contributed by atoms with Gasteiger partial charge in [-0.3, -0.25) is 14.6 Å². The Bertz CT molecular complexity index is 784. The summed E-state index contributed by atoms with van der Waals surface area (Å²) < 4.78 is 0. The van der Waals surface area contributed by atoms with Gasteiger partial charge in [0.2, 0.25) is 5.91 Å². The van der Waals surface area contributed by atoms with Crippen LogP contribution in [0.2, 0.25) is 0 Å². The number of nitrogens with one attached hydrogen (secondary N) is 2. The summed E-state index contributed by atoms with van der Waals surface area (Å²) in [5, 5.41) is 5.76. The van der Waals surface area contributed by atoms with Crippen molar-refractivity contribution in [1.82, 2.24) is 10.3 Å². The highest BCUT2D eigenvalue weighted by molar-refractivity contribution is 6.04. The van der Waals surface area contributed by atoms with Crippen LogP contribution in [0.25, 0.3) is 0 Å². The van der Waals surface area contributed by atoms with Gasteiger partial charge in [-0.15, -0.1) is 0 Å². The van der Waals surface area contributed by atoms with Crippen LogP contribution in [0.1, 0.15) is 35.7 Å². The highest BCUT2D eigenvalue weighted by atomic mass is 16.2. The van der Waals surface area contributed by atoms with Crippen molar-refractivity contribution in [3.63, 3.8) is 0 Å². The van der Waals surface area contributed by atoms with Gasteiger partial charge in [0.1, 0.15) is 0 Å². The summed E-state index contributed by atoms with van der Waals surface area (Å²) in [4.78, 5) is 28.4. The van der Waals surface area contributed by atoms with Crippen LogP contribution in [0.3, 0.4) is 0 Å². The van der Waals surface area contributed by atoms with E-state index >= 15 is 0 Å². The largest absolute Gasteiger partial charge is 0.351 e. The van der Waals surface area contributed by atoms with Crippen molar-refractivity contribution in [2.24, 2.45) is 5.41 Å². The minimum Gasteiger partial charge on any atom is -0.351 e. The number of pyridine rings is 1. The molecule has 0 saturated carbocycles. The average Bonchev–Trinajstić information content (AvgIpc) is 3.09. The molecule has 0 bridgehead atoms. The molecule has 0 fully saturated rings. The molecule has 0 aliphatic heterocycles. The van der Waals surface area contributed by atoms with E-state index in [-0.39, 0.29) is 11.8 Å². The minimum atomic E-state index is -0.399. The Hall–Kier alpha value is -2.95. The van der Waals surface area contributed by atoms with E-state index < -0.39 is 5.41 Å². The second-order valence-corrected chi connectivity index (χ2v) is 6.43. The zero-order chi connectivity index (χ0) is 17.7. The lowest BCUT2D eigenvalue weighted by Crippen LogP contribution is -2.36. The van der Waals surface area contributed by atoms with Crippen molar-refractivity contribution in [2.75, 3.05) is 5.32 Å². The van der Waals surface area contributed by atoms with Crippen LogP contribution < -0.4 is 10.6 Å². The Kier molecular flexibility index (Phi) is 4.93. The maximum Gasteiger partial charge on any atom is 0.255 e. The molecule has 1 atom stereocenters. The molecule has 1 aliphatic rings. The van der Waals surface area contributed by atoms with E-state index in [4.69, 9.17) is 0 Å². The minimum absolute atomic E-state index is 0.0413. The first-order valence-corrected chi connectivity index (χ1v) is 8.33. The van der Waals surface area contributed by atoms with E-state index in [1.54, 1.807) is 36.7 Å². The summed E-state index contributed by atoms with van der Waals surface area (Å²) in [6.07, 6.45) is 9.08. The summed E-state index contributed by atoms with van der Waals surface area (Å²) in [6, 6.07) is 10.8. The topological polar surface area (TPSA) is 71.1 Å². The summed E-state index contributed by atoms with van der Waals surface area (Å²) >= 11 is 0. The molecule has 3 rings (SSSR count). The SMILES string of the molecule is CC1(C(=O)NCc2ccc(C(=O)Nc3cccnc3)cc2)C=CCC1. The zero-order valence-corrected chi connectivity index (χ0v) is 14.2. The predicted octanol–water partition coefficient (Wildman–Crippen LogP) is 3.31. The van der Waals surface area contributed by atoms with Crippen LogP contribution in [-0.2, 0) is 11.3 Å². The molecule has 1 aromatic heterocycles. The van der Waals surface area contributed by atoms with Crippen molar-refractivity contribution in [3.05, 3.63) is 72.1 Å². The Labute approximate surface area is 147 Å². The zero-order valence-electron chi connectivity index (χ0n) is 14.2. The third kappa shape index (κ3) is 4.12. The van der Waals surface area contributed by atoms with Crippen molar-refractivity contribution in [1.29, 1.82) is 0 Å². The first kappa shape index (κ1) is 16.9. The second-order valence-electron chi connectivity index (χ2n) is 6.43. The van der Waals surface area contributed by atoms with Crippen LogP contribution in [0.5, 0.6) is 0 Å². The molecule has 1 aliphatic carbocycles. The van der Waals surface area contributed by atoms with Gasteiger partial charge in [-0.05, 0) is 49.6 Å². The van der Waals surface area contributed by atoms with E-state index in [1.807, 2.05) is 25.1 Å². The Morgan fingerprint density at radius 3 is 2.64 bits per heavy atom. The van der Waals surface area contributed by atoms with E-state index in [0.717, 1.165) is 18.4 Å². The molecule has 2 amide bonds. The quantitative estimate of drug-likeness (QED) is 0.824. The van der Waals surface area contributed by atoms with Gasteiger partial charge in [-0.1, -0.05) is 24.3 Å². The lowest BCUT2D eigenvalue weighted by molar-refractivity contribution is -0.128. The lowest BCUT2D eigenvalue weighted by atomic mass is 9.89. The van der Waals surface area contributed by atoms with Crippen molar-refractivity contribution in [3.8, 4) is 0 Å². The van der Waals surface area contributed by atoms with Gasteiger partial charge in [-0.25, -0.2) is 0 Å². The normalized spacial score (nSPS) is 18.8. The molecule has 0 saturated heterocycles. The summed E-state index contributed by atoms with van der Waals surface area (Å²) in [7, 11) is 0. The number of rotatable bonds is 5. The molecular weight excluding hydrogens is 314 g/mol. The van der Waals surface area contributed by atoms with Gasteiger partial charge in [0.15, 0.2) is 0 Å². The van der Waals surface area contributed by atoms with Gasteiger partial charge >= 0.3 is 0 Å². The summed E-state index contributed by atoms with van der Waals surface area (Å²) in [6.45, 7) is 2.41. The number of amides is 2. The van der Waals surface area contributed by atoms with Crippen LogP contribution in [0.4, 0.5) is 5.69 Å². The van der Waals surface area contributed by atoms with Crippen molar-refractivity contribution in [2.45, 2.75) is 26.3 Å². The number of nitrogens with zero attached hydrogens (tertiary/aromatic N) is 1. The molecule has 128 valence electrons. The standard InChI is InChI=1S/C20H21N3O2/c1-20(10-2-3-11-20)19(25)22-13-15-6-8-16(9-7-15)18(24)23-17-5-4-12-21-14-17/h2,4-10,12,14H,3,11,13H2,1H3,(H,22,25)(H,23,24). The Morgan fingerprint density at radius 2 is 2.00 bits per heavy atom. The monoisotopic (exact) mass is 335 g/mol. The molecule has 2 aromatic rings. The molecule has 1 heterocycles. The highest BCUT2D eigenvalue weighted by Gasteiger charge is 2.31. The predicted molar refractivity (Wildman–Crippen MR) is 97.0 cm³/mol. The van der Waals surface area contributed by atoms with Crippen molar-refractivity contribution < 1.29 is 9.59 Å². The Morgan fingerprint density at radius 1 is 1.20 bits per heavy atom. The third-order valence-corrected chi connectivity index (χ3v) is 4.42. The average molecular weight is 335 g/mol. The summed E-state index contributed by atoms with van der Waals surface area (Å²) in [5.74, 6) is -0.146. The second kappa shape index (κ2) is 7.30. The fraction of sp³-hybridized carbons (Fsp3) is 0.250. The molecular formula is C20H21N3O2. The van der Waals surface area contributed by atoms with Crippen LogP contribution in [-0.4, -0.2) is 16.8 Å². The van der Waals surface area contributed by atoms with Gasteiger partial charge in [0, 0.05) is 18.3 Å². The number of allylic oxidation sites excluding steroid dienone is 1. The van der Waals surface area contributed by atoms with Crippen molar-refractivity contribution >= 4 is 17.5 Å². The molecule has 2 N–H and O–H groups in total. The molecule has 25 heavy (non-hydrogen) atoms. The van der Waals surface area contributed by atoms with Gasteiger partial charge in [0.25, 0.3) is 5.91 Å². The first-order chi connectivity index (χ1) is 12.1. The highest BCUT2D eigenvalue weighted by Crippen LogP contribution is 2.31. The maximum absolute atomic E-state index is 12.3. The van der Waals surface area contributed by atoms with Gasteiger partial charge in [0.05, 0.1) is 17.3 Å². The number of aromatic nitrogens is 1. The molecule has 1 unspecified atom stereocenters. The van der Waals surface area contributed by atoms with Crippen LogP contribution >= 0.6 is 0 Å². The molecule has 0 spiro atoms. The number of hydrogen-bond acceptors (Lipinski definition) is 3. The molecule has 1 aromatic carbocycles. The smallest absolute Gasteiger partial charge is 0.255 e. The number of benzene rings is 1. The third-order valence-electron chi connectivity index (χ3n) is 4.42. The number of carbonyl (C=O) groups is 2. The Balaban J connectivity index is 1.56. The fourth-order valence-corrected chi connectivity index (χ4v) is 2.80. The number of hydrogen-bond donors (Lipinski definition) is 2. The van der Waals surface area contributed by atoms with E-state index in [0.29, 0.717) is 17.8 Å². The molecule has 0 radical (unpaired) electrons. The molecule has 5 heteroatoms. The van der Waals surface area contributed by atoms with E-state index in [1.165, 1.54) is 0 Å². The fourth-order valence-electron chi connectivity index (χ4n) is 2.80. The van der Waals surface area contributed by atoms with E-state index in [9.17, 15) is 9.59 Å². The van der Waals surface area contributed by atoms with Gasteiger partial charge in [-0.2, -0.15) is 0 Å². The van der Waals surface area contributed by atoms with Crippen LogP contribution in [0, 0.1) is 5.41 Å². The lowest BCUT2D eigenvalue weighted by Gasteiger charge is -2.20. The van der Waals surface area contributed by atoms with E-state index in [2.05, 4.69) is 21.7 Å².